The largest absolute Gasteiger partial charge is 0.463 e. The molecule has 0 aromatic heterocycles. The molecule has 0 saturated heterocycles. The average molecular weight is 212 g/mol. The second-order valence-electron chi connectivity index (χ2n) is 3.34. The highest BCUT2D eigenvalue weighted by Crippen LogP contribution is 2.17. The molecule has 80 valence electrons. The van der Waals surface area contributed by atoms with E-state index in [1.807, 2.05) is 0 Å². The molecule has 0 fully saturated rings. The lowest BCUT2D eigenvalue weighted by Gasteiger charge is -2.07. The SMILES string of the molecule is NC1=N[C@@H](Cc2c(F)cccc2F)CO1. The van der Waals surface area contributed by atoms with Gasteiger partial charge in [0, 0.05) is 12.0 Å². The van der Waals surface area contributed by atoms with E-state index in [-0.39, 0.29) is 30.7 Å². The van der Waals surface area contributed by atoms with E-state index in [4.69, 9.17) is 10.5 Å². The number of hydrogen-bond donors (Lipinski definition) is 1. The molecule has 1 aromatic rings. The van der Waals surface area contributed by atoms with E-state index in [1.54, 1.807) is 0 Å². The van der Waals surface area contributed by atoms with E-state index in [1.165, 1.54) is 18.2 Å². The van der Waals surface area contributed by atoms with Crippen LogP contribution in [-0.2, 0) is 11.2 Å². The number of halogens is 2. The molecule has 1 aliphatic heterocycles. The van der Waals surface area contributed by atoms with Crippen molar-refractivity contribution < 1.29 is 13.5 Å². The molecular weight excluding hydrogens is 202 g/mol. The van der Waals surface area contributed by atoms with Gasteiger partial charge in [-0.2, -0.15) is 0 Å². The fourth-order valence-electron chi connectivity index (χ4n) is 1.50. The van der Waals surface area contributed by atoms with Crippen molar-refractivity contribution in [1.29, 1.82) is 0 Å². The van der Waals surface area contributed by atoms with Gasteiger partial charge in [0.05, 0.1) is 6.04 Å². The summed E-state index contributed by atoms with van der Waals surface area (Å²) in [5.41, 5.74) is 5.33. The van der Waals surface area contributed by atoms with Crippen LogP contribution in [-0.4, -0.2) is 18.7 Å². The number of nitrogens with zero attached hydrogens (tertiary/aromatic N) is 1. The molecule has 0 amide bonds. The fourth-order valence-corrected chi connectivity index (χ4v) is 1.50. The average Bonchev–Trinajstić information content (AvgIpc) is 2.58. The van der Waals surface area contributed by atoms with Crippen LogP contribution in [0.3, 0.4) is 0 Å². The monoisotopic (exact) mass is 212 g/mol. The Balaban J connectivity index is 2.17. The summed E-state index contributed by atoms with van der Waals surface area (Å²) in [6.45, 7) is 0.277. The number of rotatable bonds is 2. The number of hydrogen-bond acceptors (Lipinski definition) is 3. The Labute approximate surface area is 85.6 Å². The van der Waals surface area contributed by atoms with Crippen molar-refractivity contribution in [3.8, 4) is 0 Å². The Morgan fingerprint density at radius 2 is 2.07 bits per heavy atom. The van der Waals surface area contributed by atoms with Crippen molar-refractivity contribution in [2.45, 2.75) is 12.5 Å². The van der Waals surface area contributed by atoms with Crippen LogP contribution in [0.5, 0.6) is 0 Å². The minimum atomic E-state index is -0.560. The van der Waals surface area contributed by atoms with Crippen LogP contribution < -0.4 is 5.73 Å². The van der Waals surface area contributed by atoms with Crippen molar-refractivity contribution in [2.75, 3.05) is 6.61 Å². The molecule has 1 atom stereocenters. The first-order valence-electron chi connectivity index (χ1n) is 4.56. The lowest BCUT2D eigenvalue weighted by atomic mass is 10.1. The maximum absolute atomic E-state index is 13.2. The predicted octanol–water partition coefficient (Wildman–Crippen LogP) is 1.22. The quantitative estimate of drug-likeness (QED) is 0.801. The molecule has 1 aromatic carbocycles. The second-order valence-corrected chi connectivity index (χ2v) is 3.34. The van der Waals surface area contributed by atoms with Crippen LogP contribution in [0, 0.1) is 11.6 Å². The molecule has 0 bridgehead atoms. The first-order chi connectivity index (χ1) is 7.16. The molecule has 1 aliphatic rings. The van der Waals surface area contributed by atoms with Gasteiger partial charge in [-0.05, 0) is 12.1 Å². The van der Waals surface area contributed by atoms with E-state index in [0.717, 1.165) is 0 Å². The number of nitrogens with two attached hydrogens (primary N) is 1. The Morgan fingerprint density at radius 1 is 1.40 bits per heavy atom. The molecule has 2 rings (SSSR count). The van der Waals surface area contributed by atoms with Gasteiger partial charge in [-0.1, -0.05) is 6.07 Å². The van der Waals surface area contributed by atoms with Crippen molar-refractivity contribution in [3.63, 3.8) is 0 Å². The highest BCUT2D eigenvalue weighted by molar-refractivity contribution is 5.73. The lowest BCUT2D eigenvalue weighted by Crippen LogP contribution is -2.12. The molecule has 1 heterocycles. The highest BCUT2D eigenvalue weighted by atomic mass is 19.1. The van der Waals surface area contributed by atoms with Crippen LogP contribution in [0.1, 0.15) is 5.56 Å². The molecule has 15 heavy (non-hydrogen) atoms. The molecule has 5 heteroatoms. The Morgan fingerprint density at radius 3 is 2.60 bits per heavy atom. The number of aliphatic imine (C=N–C) groups is 1. The van der Waals surface area contributed by atoms with Gasteiger partial charge in [-0.25, -0.2) is 13.8 Å². The van der Waals surface area contributed by atoms with E-state index in [0.29, 0.717) is 0 Å². The normalized spacial score (nSPS) is 19.9. The zero-order valence-electron chi connectivity index (χ0n) is 7.91. The number of amidine groups is 1. The van der Waals surface area contributed by atoms with E-state index >= 15 is 0 Å². The lowest BCUT2D eigenvalue weighted by molar-refractivity contribution is 0.310. The van der Waals surface area contributed by atoms with E-state index in [9.17, 15) is 8.78 Å². The third-order valence-corrected chi connectivity index (χ3v) is 2.23. The number of benzene rings is 1. The van der Waals surface area contributed by atoms with Crippen molar-refractivity contribution >= 4 is 6.02 Å². The maximum Gasteiger partial charge on any atom is 0.282 e. The van der Waals surface area contributed by atoms with Gasteiger partial charge in [0.25, 0.3) is 6.02 Å². The standard InChI is InChI=1S/C10H10F2N2O/c11-8-2-1-3-9(12)7(8)4-6-5-15-10(13)14-6/h1-3,6H,4-5H2,(H2,13,14)/t6-/m0/s1. The van der Waals surface area contributed by atoms with Gasteiger partial charge >= 0.3 is 0 Å². The molecule has 0 saturated carbocycles. The zero-order chi connectivity index (χ0) is 10.8. The minimum absolute atomic E-state index is 0.0320. The molecule has 3 nitrogen and oxygen atoms in total. The van der Waals surface area contributed by atoms with E-state index in [2.05, 4.69) is 4.99 Å². The summed E-state index contributed by atoms with van der Waals surface area (Å²) in [4.78, 5) is 3.90. The fraction of sp³-hybridized carbons (Fsp3) is 0.300. The van der Waals surface area contributed by atoms with Crippen molar-refractivity contribution in [2.24, 2.45) is 10.7 Å². The van der Waals surface area contributed by atoms with Crippen molar-refractivity contribution in [1.82, 2.24) is 0 Å². The van der Waals surface area contributed by atoms with Gasteiger partial charge in [0.15, 0.2) is 0 Å². The van der Waals surface area contributed by atoms with Gasteiger partial charge in [-0.15, -0.1) is 0 Å². The third kappa shape index (κ3) is 2.06. The van der Waals surface area contributed by atoms with Gasteiger partial charge in [-0.3, -0.25) is 0 Å². The molecule has 2 N–H and O–H groups in total. The topological polar surface area (TPSA) is 47.6 Å². The van der Waals surface area contributed by atoms with Gasteiger partial charge in [0.1, 0.15) is 18.2 Å². The van der Waals surface area contributed by atoms with Crippen LogP contribution in [0.15, 0.2) is 23.2 Å². The Hall–Kier alpha value is -1.65. The molecule has 0 aliphatic carbocycles. The summed E-state index contributed by atoms with van der Waals surface area (Å²) in [7, 11) is 0. The Bertz CT molecular complexity index is 386. The van der Waals surface area contributed by atoms with Crippen molar-refractivity contribution in [3.05, 3.63) is 35.4 Å². The molecular formula is C10H10F2N2O. The van der Waals surface area contributed by atoms with Crippen LogP contribution in [0.4, 0.5) is 8.78 Å². The predicted molar refractivity (Wildman–Crippen MR) is 51.4 cm³/mol. The minimum Gasteiger partial charge on any atom is -0.463 e. The van der Waals surface area contributed by atoms with Crippen LogP contribution in [0.2, 0.25) is 0 Å². The summed E-state index contributed by atoms with van der Waals surface area (Å²) < 4.78 is 31.4. The number of ether oxygens (including phenoxy) is 1. The summed E-state index contributed by atoms with van der Waals surface area (Å²) in [5.74, 6) is -1.12. The third-order valence-electron chi connectivity index (χ3n) is 2.23. The molecule has 0 radical (unpaired) electrons. The smallest absolute Gasteiger partial charge is 0.282 e. The summed E-state index contributed by atoms with van der Waals surface area (Å²) in [6, 6.07) is 3.56. The highest BCUT2D eigenvalue weighted by Gasteiger charge is 2.20. The summed E-state index contributed by atoms with van der Waals surface area (Å²) >= 11 is 0. The van der Waals surface area contributed by atoms with Crippen LogP contribution in [0.25, 0.3) is 0 Å². The van der Waals surface area contributed by atoms with E-state index < -0.39 is 11.6 Å². The summed E-state index contributed by atoms with van der Waals surface area (Å²) in [6.07, 6.45) is 0.166. The molecule has 0 unspecified atom stereocenters. The maximum atomic E-state index is 13.2. The first kappa shape index (κ1) is 9.89. The first-order valence-corrected chi connectivity index (χ1v) is 4.56. The van der Waals surface area contributed by atoms with Gasteiger partial charge < -0.3 is 10.5 Å². The molecule has 0 spiro atoms. The van der Waals surface area contributed by atoms with Gasteiger partial charge in [0.2, 0.25) is 0 Å². The summed E-state index contributed by atoms with van der Waals surface area (Å²) in [5, 5.41) is 0. The van der Waals surface area contributed by atoms with Crippen LogP contribution >= 0.6 is 0 Å². The Kier molecular flexibility index (Phi) is 2.53. The second kappa shape index (κ2) is 3.84. The zero-order valence-corrected chi connectivity index (χ0v) is 7.91.